The molecule has 1 aliphatic heterocycles. The van der Waals surface area contributed by atoms with Gasteiger partial charge in [0.1, 0.15) is 22.9 Å². The third kappa shape index (κ3) is 7.46. The number of esters is 1. The Hall–Kier alpha value is -4.78. The molecule has 0 aliphatic carbocycles. The Morgan fingerprint density at radius 1 is 0.915 bits per heavy atom. The number of carbonyl (C=O) groups excluding carboxylic acids is 3. The van der Waals surface area contributed by atoms with Crippen molar-refractivity contribution in [2.45, 2.75) is 28.8 Å². The molecule has 1 aromatic heterocycles. The number of hydrogen-bond acceptors (Lipinski definition) is 10. The maximum Gasteiger partial charge on any atom is 0.359 e. The monoisotopic (exact) mass is 683 g/mol. The van der Waals surface area contributed by atoms with Gasteiger partial charge in [-0.15, -0.1) is 11.3 Å². The summed E-state index contributed by atoms with van der Waals surface area (Å²) in [5.41, 5.74) is 1.98. The minimum atomic E-state index is -1.00. The molecule has 0 saturated carbocycles. The number of rotatable bonds is 12. The van der Waals surface area contributed by atoms with Gasteiger partial charge in [-0.05, 0) is 53.1 Å². The minimum Gasteiger partial charge on any atom is -0.510 e. The van der Waals surface area contributed by atoms with Gasteiger partial charge in [0, 0.05) is 0 Å². The summed E-state index contributed by atoms with van der Waals surface area (Å²) in [5, 5.41) is 12.8. The number of para-hydroxylation sites is 2. The molecule has 12 heteroatoms. The maximum atomic E-state index is 13.9. The molecule has 4 aromatic carbocycles. The molecule has 1 aliphatic rings. The summed E-state index contributed by atoms with van der Waals surface area (Å²) in [6.07, 6.45) is -0.801. The molecule has 1 saturated heterocycles. The lowest BCUT2D eigenvalue weighted by molar-refractivity contribution is -0.155. The van der Waals surface area contributed by atoms with Gasteiger partial charge in [0.15, 0.2) is 22.7 Å². The van der Waals surface area contributed by atoms with Crippen LogP contribution in [0.15, 0.2) is 131 Å². The zero-order valence-electron chi connectivity index (χ0n) is 25.0. The molecule has 0 spiro atoms. The molecule has 9 nitrogen and oxygen atoms in total. The van der Waals surface area contributed by atoms with Gasteiger partial charge in [0.25, 0.3) is 11.8 Å². The molecule has 2 amide bonds. The number of benzene rings is 4. The normalized spacial score (nSPS) is 16.4. The summed E-state index contributed by atoms with van der Waals surface area (Å²) in [7, 11) is 2.56. The molecule has 47 heavy (non-hydrogen) atoms. The highest BCUT2D eigenvalue weighted by molar-refractivity contribution is 8.77. The smallest absolute Gasteiger partial charge is 0.359 e. The average Bonchev–Trinajstić information content (AvgIpc) is 3.52. The number of nitrogens with zero attached hydrogens (tertiary/aromatic N) is 2. The number of carbonyl (C=O) groups is 3. The number of allylic oxidation sites excluding steroid dienone is 1. The molecule has 2 N–H and O–H groups in total. The van der Waals surface area contributed by atoms with Crippen molar-refractivity contribution in [2.75, 3.05) is 6.61 Å². The van der Waals surface area contributed by atoms with E-state index in [4.69, 9.17) is 9.47 Å². The topological polar surface area (TPSA) is 118 Å². The lowest BCUT2D eigenvalue weighted by Crippen LogP contribution is -2.69. The van der Waals surface area contributed by atoms with Gasteiger partial charge in [-0.1, -0.05) is 102 Å². The van der Waals surface area contributed by atoms with Crippen molar-refractivity contribution in [3.8, 4) is 5.75 Å². The molecule has 238 valence electrons. The SMILES string of the molecule is CC(O)=C(C(=O)OC(c1ccccc1)c1ccccc1)N1C(=O)C(NC(=O)COc2ccccc2)C1SSc1nc2ccccc2s1. The largest absolute Gasteiger partial charge is 0.510 e. The van der Waals surface area contributed by atoms with Crippen LogP contribution in [0.25, 0.3) is 10.2 Å². The van der Waals surface area contributed by atoms with E-state index < -0.39 is 41.1 Å². The minimum absolute atomic E-state index is 0.305. The van der Waals surface area contributed by atoms with Crippen LogP contribution in [0.4, 0.5) is 0 Å². The van der Waals surface area contributed by atoms with Gasteiger partial charge in [0.05, 0.1) is 10.2 Å². The number of aliphatic hydroxyl groups excluding tert-OH is 1. The Balaban J connectivity index is 1.24. The number of aromatic nitrogens is 1. The van der Waals surface area contributed by atoms with Crippen LogP contribution in [0.1, 0.15) is 24.2 Å². The van der Waals surface area contributed by atoms with E-state index in [1.165, 1.54) is 44.7 Å². The fourth-order valence-electron chi connectivity index (χ4n) is 4.96. The number of nitrogens with one attached hydrogen (secondary N) is 1. The van der Waals surface area contributed by atoms with Crippen LogP contribution in [0, 0.1) is 0 Å². The molecule has 1 fully saturated rings. The van der Waals surface area contributed by atoms with Crippen LogP contribution in [-0.2, 0) is 19.1 Å². The number of fused-ring (bicyclic) bond motifs is 1. The number of likely N-dealkylation sites (tertiary alicyclic amines) is 1. The van der Waals surface area contributed by atoms with Gasteiger partial charge < -0.3 is 19.9 Å². The second-order valence-corrected chi connectivity index (χ2v) is 14.0. The number of amides is 2. The zero-order valence-corrected chi connectivity index (χ0v) is 27.5. The van der Waals surface area contributed by atoms with E-state index in [9.17, 15) is 19.5 Å². The Labute approximate surface area is 283 Å². The van der Waals surface area contributed by atoms with Crippen molar-refractivity contribution in [3.63, 3.8) is 0 Å². The molecule has 6 rings (SSSR count). The zero-order chi connectivity index (χ0) is 32.8. The van der Waals surface area contributed by atoms with Gasteiger partial charge >= 0.3 is 5.97 Å². The molecular weight excluding hydrogens is 655 g/mol. The third-order valence-electron chi connectivity index (χ3n) is 7.17. The summed E-state index contributed by atoms with van der Waals surface area (Å²) in [4.78, 5) is 46.3. The quantitative estimate of drug-likeness (QED) is 0.0477. The summed E-state index contributed by atoms with van der Waals surface area (Å²) in [6.45, 7) is 1.02. The van der Waals surface area contributed by atoms with Crippen molar-refractivity contribution in [3.05, 3.63) is 138 Å². The molecule has 2 unspecified atom stereocenters. The highest BCUT2D eigenvalue weighted by Crippen LogP contribution is 2.46. The van der Waals surface area contributed by atoms with Gasteiger partial charge in [-0.3, -0.25) is 14.5 Å². The molecular formula is C35H29N3O6S3. The van der Waals surface area contributed by atoms with E-state index in [0.29, 0.717) is 5.75 Å². The van der Waals surface area contributed by atoms with Crippen molar-refractivity contribution >= 4 is 60.9 Å². The lowest BCUT2D eigenvalue weighted by atomic mass is 10.0. The highest BCUT2D eigenvalue weighted by Gasteiger charge is 2.53. The van der Waals surface area contributed by atoms with E-state index in [0.717, 1.165) is 25.7 Å². The first-order valence-electron chi connectivity index (χ1n) is 14.6. The first-order chi connectivity index (χ1) is 22.9. The number of aliphatic hydroxyl groups is 1. The van der Waals surface area contributed by atoms with Crippen LogP contribution in [0.2, 0.25) is 0 Å². The fourth-order valence-corrected chi connectivity index (χ4v) is 8.87. The van der Waals surface area contributed by atoms with E-state index in [1.807, 2.05) is 91.0 Å². The van der Waals surface area contributed by atoms with Crippen LogP contribution in [0.3, 0.4) is 0 Å². The Bertz CT molecular complexity index is 1830. The van der Waals surface area contributed by atoms with E-state index >= 15 is 0 Å². The summed E-state index contributed by atoms with van der Waals surface area (Å²) < 4.78 is 13.3. The standard InChI is InChI=1S/C35H29N3O6S3/c1-22(39)30(34(42)44-31(23-13-5-2-6-14-23)24-15-7-3-8-16-24)38-32(41)29(37-28(40)21-43-25-17-9-4-10-18-25)33(38)46-47-35-36-26-19-11-12-20-27(26)45-35/h2-20,29,31,33,39H,21H2,1H3,(H,37,40). The first-order valence-corrected chi connectivity index (χ1v) is 17.6. The predicted octanol–water partition coefficient (Wildman–Crippen LogP) is 6.89. The fraction of sp³-hybridized carbons (Fsp3) is 0.143. The highest BCUT2D eigenvalue weighted by atomic mass is 33.1. The average molecular weight is 684 g/mol. The second kappa shape index (κ2) is 14.8. The van der Waals surface area contributed by atoms with Gasteiger partial charge in [-0.2, -0.15) is 0 Å². The van der Waals surface area contributed by atoms with Gasteiger partial charge in [-0.25, -0.2) is 9.78 Å². The summed E-state index contributed by atoms with van der Waals surface area (Å²) in [5.74, 6) is -1.85. The molecule has 0 bridgehead atoms. The Morgan fingerprint density at radius 2 is 1.51 bits per heavy atom. The van der Waals surface area contributed by atoms with Gasteiger partial charge in [0.2, 0.25) is 0 Å². The molecule has 2 atom stereocenters. The van der Waals surface area contributed by atoms with E-state index in [2.05, 4.69) is 10.3 Å². The van der Waals surface area contributed by atoms with Crippen LogP contribution in [-0.4, -0.2) is 50.8 Å². The predicted molar refractivity (Wildman–Crippen MR) is 184 cm³/mol. The Morgan fingerprint density at radius 3 is 2.13 bits per heavy atom. The summed E-state index contributed by atoms with van der Waals surface area (Å²) in [6, 6.07) is 34.0. The molecule has 5 aromatic rings. The first kappa shape index (κ1) is 32.2. The molecule has 2 heterocycles. The maximum absolute atomic E-state index is 13.9. The van der Waals surface area contributed by atoms with E-state index in [1.54, 1.807) is 24.3 Å². The van der Waals surface area contributed by atoms with E-state index in [-0.39, 0.29) is 12.3 Å². The number of thiazole rings is 1. The van der Waals surface area contributed by atoms with Crippen LogP contribution >= 0.6 is 32.9 Å². The van der Waals surface area contributed by atoms with Crippen molar-refractivity contribution in [2.24, 2.45) is 0 Å². The third-order valence-corrected chi connectivity index (χ3v) is 11.2. The lowest BCUT2D eigenvalue weighted by Gasteiger charge is -2.46. The van der Waals surface area contributed by atoms with Crippen LogP contribution in [0.5, 0.6) is 5.75 Å². The van der Waals surface area contributed by atoms with Crippen molar-refractivity contribution < 1.29 is 29.0 Å². The number of hydrogen-bond donors (Lipinski definition) is 2. The number of β-lactam (4-membered cyclic amide) rings is 1. The second-order valence-electron chi connectivity index (χ2n) is 10.4. The van der Waals surface area contributed by atoms with Crippen LogP contribution < -0.4 is 10.1 Å². The van der Waals surface area contributed by atoms with Crippen molar-refractivity contribution in [1.29, 1.82) is 0 Å². The summed E-state index contributed by atoms with van der Waals surface area (Å²) >= 11 is 1.49. The number of ether oxygens (including phenoxy) is 2. The van der Waals surface area contributed by atoms with Crippen molar-refractivity contribution in [1.82, 2.24) is 15.2 Å². The molecule has 0 radical (unpaired) electrons. The Kier molecular flexibility index (Phi) is 10.1.